The average Bonchev–Trinajstić information content (AvgIpc) is 2.07. The molecule has 3 heteroatoms. The lowest BCUT2D eigenvalue weighted by atomic mass is 9.79. The molecule has 0 spiro atoms. The largest absolute Gasteiger partial charge is 0.328 e. The van der Waals surface area contributed by atoms with Gasteiger partial charge in [0.05, 0.1) is 10.0 Å². The predicted molar refractivity (Wildman–Crippen MR) is 67.8 cm³/mol. The van der Waals surface area contributed by atoms with Gasteiger partial charge in [-0.05, 0) is 30.4 Å². The Labute approximate surface area is 102 Å². The fourth-order valence-electron chi connectivity index (χ4n) is 1.94. The molecule has 0 heterocycles. The molecular formula is C12H17Cl2N. The molecule has 1 unspecified atom stereocenters. The van der Waals surface area contributed by atoms with Gasteiger partial charge >= 0.3 is 0 Å². The summed E-state index contributed by atoms with van der Waals surface area (Å²) >= 11 is 12.2. The Morgan fingerprint density at radius 1 is 1.33 bits per heavy atom. The Kier molecular flexibility index (Phi) is 4.05. The van der Waals surface area contributed by atoms with Crippen molar-refractivity contribution in [1.82, 2.24) is 0 Å². The summed E-state index contributed by atoms with van der Waals surface area (Å²) in [5.41, 5.74) is 6.85. The molecule has 2 N–H and O–H groups in total. The molecule has 0 aliphatic carbocycles. The standard InChI is InChI=1S/C12H17Cl2N/c1-8(15)7-12(2,3)9-5-4-6-10(13)11(9)14/h4-6,8H,7,15H2,1-3H3. The van der Waals surface area contributed by atoms with Gasteiger partial charge in [-0.1, -0.05) is 49.2 Å². The molecule has 1 aromatic carbocycles. The van der Waals surface area contributed by atoms with E-state index in [-0.39, 0.29) is 11.5 Å². The van der Waals surface area contributed by atoms with Crippen LogP contribution in [-0.4, -0.2) is 6.04 Å². The van der Waals surface area contributed by atoms with Gasteiger partial charge in [-0.15, -0.1) is 0 Å². The first-order chi connectivity index (χ1) is 6.84. The summed E-state index contributed by atoms with van der Waals surface area (Å²) in [6.45, 7) is 6.27. The summed E-state index contributed by atoms with van der Waals surface area (Å²) in [7, 11) is 0. The fourth-order valence-corrected chi connectivity index (χ4v) is 2.50. The van der Waals surface area contributed by atoms with Crippen LogP contribution in [0.5, 0.6) is 0 Å². The van der Waals surface area contributed by atoms with Gasteiger partial charge in [0, 0.05) is 6.04 Å². The molecule has 0 amide bonds. The first-order valence-electron chi connectivity index (χ1n) is 5.04. The number of halogens is 2. The van der Waals surface area contributed by atoms with Crippen molar-refractivity contribution in [2.75, 3.05) is 0 Å². The van der Waals surface area contributed by atoms with Crippen LogP contribution in [0, 0.1) is 0 Å². The van der Waals surface area contributed by atoms with Crippen molar-refractivity contribution in [1.29, 1.82) is 0 Å². The van der Waals surface area contributed by atoms with Crippen LogP contribution < -0.4 is 5.73 Å². The molecule has 15 heavy (non-hydrogen) atoms. The molecular weight excluding hydrogens is 229 g/mol. The molecule has 0 saturated heterocycles. The van der Waals surface area contributed by atoms with Crippen molar-refractivity contribution in [2.24, 2.45) is 5.73 Å². The van der Waals surface area contributed by atoms with E-state index < -0.39 is 0 Å². The maximum absolute atomic E-state index is 6.19. The van der Waals surface area contributed by atoms with Crippen LogP contribution in [0.4, 0.5) is 0 Å². The predicted octanol–water partition coefficient (Wildman–Crippen LogP) is 4.01. The van der Waals surface area contributed by atoms with E-state index in [1.807, 2.05) is 19.1 Å². The smallest absolute Gasteiger partial charge is 0.0629 e. The van der Waals surface area contributed by atoms with Crippen molar-refractivity contribution in [3.63, 3.8) is 0 Å². The van der Waals surface area contributed by atoms with Gasteiger partial charge in [-0.2, -0.15) is 0 Å². The third kappa shape index (κ3) is 3.10. The minimum atomic E-state index is -0.0455. The lowest BCUT2D eigenvalue weighted by Gasteiger charge is -2.28. The summed E-state index contributed by atoms with van der Waals surface area (Å²) in [4.78, 5) is 0. The normalized spacial score (nSPS) is 14.0. The van der Waals surface area contributed by atoms with E-state index in [0.29, 0.717) is 10.0 Å². The molecule has 1 rings (SSSR count). The maximum Gasteiger partial charge on any atom is 0.0629 e. The molecule has 0 aromatic heterocycles. The van der Waals surface area contributed by atoms with Crippen molar-refractivity contribution in [3.05, 3.63) is 33.8 Å². The number of nitrogens with two attached hydrogens (primary N) is 1. The van der Waals surface area contributed by atoms with Gasteiger partial charge in [0.25, 0.3) is 0 Å². The number of benzene rings is 1. The molecule has 0 fully saturated rings. The SMILES string of the molecule is CC(N)CC(C)(C)c1cccc(Cl)c1Cl. The molecule has 1 aromatic rings. The van der Waals surface area contributed by atoms with Crippen molar-refractivity contribution >= 4 is 23.2 Å². The zero-order valence-corrected chi connectivity index (χ0v) is 10.9. The summed E-state index contributed by atoms with van der Waals surface area (Å²) in [6.07, 6.45) is 0.882. The first kappa shape index (κ1) is 12.8. The highest BCUT2D eigenvalue weighted by atomic mass is 35.5. The maximum atomic E-state index is 6.19. The lowest BCUT2D eigenvalue weighted by molar-refractivity contribution is 0.437. The van der Waals surface area contributed by atoms with Crippen molar-refractivity contribution < 1.29 is 0 Å². The van der Waals surface area contributed by atoms with Gasteiger partial charge in [0.15, 0.2) is 0 Å². The monoisotopic (exact) mass is 245 g/mol. The second-order valence-corrected chi connectivity index (χ2v) is 5.45. The number of hydrogen-bond donors (Lipinski definition) is 1. The van der Waals surface area contributed by atoms with E-state index in [9.17, 15) is 0 Å². The molecule has 1 atom stereocenters. The van der Waals surface area contributed by atoms with E-state index in [1.54, 1.807) is 6.07 Å². The van der Waals surface area contributed by atoms with Gasteiger partial charge < -0.3 is 5.73 Å². The van der Waals surface area contributed by atoms with Crippen LogP contribution in [0.2, 0.25) is 10.0 Å². The molecule has 0 radical (unpaired) electrons. The van der Waals surface area contributed by atoms with Gasteiger partial charge in [-0.25, -0.2) is 0 Å². The Hall–Kier alpha value is -0.240. The van der Waals surface area contributed by atoms with Crippen LogP contribution in [-0.2, 0) is 5.41 Å². The third-order valence-corrected chi connectivity index (χ3v) is 3.33. The highest BCUT2D eigenvalue weighted by Crippen LogP contribution is 2.36. The van der Waals surface area contributed by atoms with Crippen LogP contribution in [0.25, 0.3) is 0 Å². The summed E-state index contributed by atoms with van der Waals surface area (Å²) in [5, 5.41) is 1.25. The van der Waals surface area contributed by atoms with Crippen LogP contribution in [0.1, 0.15) is 32.8 Å². The van der Waals surface area contributed by atoms with Crippen LogP contribution >= 0.6 is 23.2 Å². The highest BCUT2D eigenvalue weighted by molar-refractivity contribution is 6.42. The minimum Gasteiger partial charge on any atom is -0.328 e. The van der Waals surface area contributed by atoms with E-state index in [0.717, 1.165) is 12.0 Å². The Morgan fingerprint density at radius 2 is 1.93 bits per heavy atom. The first-order valence-corrected chi connectivity index (χ1v) is 5.80. The summed E-state index contributed by atoms with van der Waals surface area (Å²) in [5.74, 6) is 0. The average molecular weight is 246 g/mol. The Bertz CT molecular complexity index is 345. The van der Waals surface area contributed by atoms with Crippen molar-refractivity contribution in [2.45, 2.75) is 38.6 Å². The molecule has 0 saturated carbocycles. The second-order valence-electron chi connectivity index (χ2n) is 4.67. The Balaban J connectivity index is 3.09. The zero-order chi connectivity index (χ0) is 11.6. The zero-order valence-electron chi connectivity index (χ0n) is 9.35. The minimum absolute atomic E-state index is 0.0455. The third-order valence-electron chi connectivity index (χ3n) is 2.51. The van der Waals surface area contributed by atoms with E-state index in [1.165, 1.54) is 0 Å². The topological polar surface area (TPSA) is 26.0 Å². The molecule has 84 valence electrons. The second kappa shape index (κ2) is 4.73. The van der Waals surface area contributed by atoms with E-state index in [2.05, 4.69) is 13.8 Å². The van der Waals surface area contributed by atoms with Crippen LogP contribution in [0.3, 0.4) is 0 Å². The van der Waals surface area contributed by atoms with Crippen LogP contribution in [0.15, 0.2) is 18.2 Å². The van der Waals surface area contributed by atoms with Gasteiger partial charge in [0.2, 0.25) is 0 Å². The van der Waals surface area contributed by atoms with Gasteiger partial charge in [0.1, 0.15) is 0 Å². The Morgan fingerprint density at radius 3 is 2.47 bits per heavy atom. The molecule has 0 aliphatic heterocycles. The summed E-state index contributed by atoms with van der Waals surface area (Å²) in [6, 6.07) is 5.88. The van der Waals surface area contributed by atoms with Gasteiger partial charge in [-0.3, -0.25) is 0 Å². The fraction of sp³-hybridized carbons (Fsp3) is 0.500. The van der Waals surface area contributed by atoms with E-state index >= 15 is 0 Å². The molecule has 0 aliphatic rings. The molecule has 1 nitrogen and oxygen atoms in total. The van der Waals surface area contributed by atoms with E-state index in [4.69, 9.17) is 28.9 Å². The quantitative estimate of drug-likeness (QED) is 0.856. The number of rotatable bonds is 3. The molecule has 0 bridgehead atoms. The van der Waals surface area contributed by atoms with Crippen molar-refractivity contribution in [3.8, 4) is 0 Å². The summed E-state index contributed by atoms with van der Waals surface area (Å²) < 4.78 is 0. The highest BCUT2D eigenvalue weighted by Gasteiger charge is 2.25. The number of hydrogen-bond acceptors (Lipinski definition) is 1. The lowest BCUT2D eigenvalue weighted by Crippen LogP contribution is -2.28.